The van der Waals surface area contributed by atoms with Gasteiger partial charge in [0.1, 0.15) is 0 Å². The summed E-state index contributed by atoms with van der Waals surface area (Å²) in [5.74, 6) is 0.191. The van der Waals surface area contributed by atoms with Crippen LogP contribution < -0.4 is 10.6 Å². The van der Waals surface area contributed by atoms with Crippen LogP contribution in [0.4, 0.5) is 0 Å². The zero-order chi connectivity index (χ0) is 12.8. The molecule has 1 unspecified atom stereocenters. The molecule has 1 aliphatic carbocycles. The van der Waals surface area contributed by atoms with Crippen molar-refractivity contribution in [3.05, 3.63) is 0 Å². The molecule has 1 aliphatic heterocycles. The Morgan fingerprint density at radius 3 is 3.00 bits per heavy atom. The van der Waals surface area contributed by atoms with Crippen molar-refractivity contribution in [1.29, 1.82) is 0 Å². The molecule has 1 saturated carbocycles. The summed E-state index contributed by atoms with van der Waals surface area (Å²) >= 11 is 0. The molecule has 2 fully saturated rings. The number of rotatable bonds is 6. The Kier molecular flexibility index (Phi) is 5.01. The molecule has 0 radical (unpaired) electrons. The molecule has 1 amide bonds. The number of hydrogen-bond acceptors (Lipinski definition) is 3. The molecule has 104 valence electrons. The predicted octanol–water partition coefficient (Wildman–Crippen LogP) is 1.59. The Labute approximate surface area is 110 Å². The topological polar surface area (TPSA) is 50.4 Å². The lowest BCUT2D eigenvalue weighted by molar-refractivity contribution is -0.122. The van der Waals surface area contributed by atoms with Crippen molar-refractivity contribution in [2.75, 3.05) is 19.8 Å². The predicted molar refractivity (Wildman–Crippen MR) is 71.5 cm³/mol. The largest absolute Gasteiger partial charge is 0.382 e. The van der Waals surface area contributed by atoms with Crippen LogP contribution in [-0.4, -0.2) is 37.2 Å². The van der Waals surface area contributed by atoms with E-state index in [1.165, 1.54) is 19.3 Å². The van der Waals surface area contributed by atoms with Gasteiger partial charge in [0.25, 0.3) is 0 Å². The summed E-state index contributed by atoms with van der Waals surface area (Å²) in [5, 5.41) is 6.81. The second-order valence-corrected chi connectivity index (χ2v) is 5.62. The number of amides is 1. The molecule has 0 bridgehead atoms. The molecule has 2 N–H and O–H groups in total. The highest BCUT2D eigenvalue weighted by molar-refractivity contribution is 5.76. The maximum absolute atomic E-state index is 11.8. The van der Waals surface area contributed by atoms with E-state index in [9.17, 15) is 4.79 Å². The number of carbonyl (C=O) groups is 1. The van der Waals surface area contributed by atoms with Crippen LogP contribution in [0.25, 0.3) is 0 Å². The molecule has 18 heavy (non-hydrogen) atoms. The summed E-state index contributed by atoms with van der Waals surface area (Å²) in [6.45, 7) is 4.45. The van der Waals surface area contributed by atoms with E-state index in [4.69, 9.17) is 4.74 Å². The molecule has 4 heteroatoms. The van der Waals surface area contributed by atoms with Crippen LogP contribution in [0.5, 0.6) is 0 Å². The number of carbonyl (C=O) groups excluding carboxylic acids is 1. The standard InChI is InChI=1S/C14H26N2O2/c1-2-18-10-3-5-13(17)16-12-6-9-15-14(11-12)7-4-8-14/h12,15H,2-11H2,1H3,(H,16,17). The van der Waals surface area contributed by atoms with Gasteiger partial charge in [0, 0.05) is 31.2 Å². The maximum atomic E-state index is 11.8. The van der Waals surface area contributed by atoms with Crippen molar-refractivity contribution in [3.63, 3.8) is 0 Å². The van der Waals surface area contributed by atoms with E-state index in [0.29, 0.717) is 24.6 Å². The number of ether oxygens (including phenoxy) is 1. The number of nitrogens with one attached hydrogen (secondary N) is 2. The Balaban J connectivity index is 1.64. The van der Waals surface area contributed by atoms with E-state index in [1.807, 2.05) is 6.92 Å². The summed E-state index contributed by atoms with van der Waals surface area (Å²) in [6.07, 6.45) is 7.51. The van der Waals surface area contributed by atoms with Gasteiger partial charge < -0.3 is 15.4 Å². The third-order valence-corrected chi connectivity index (χ3v) is 4.20. The highest BCUT2D eigenvalue weighted by atomic mass is 16.5. The summed E-state index contributed by atoms with van der Waals surface area (Å²) < 4.78 is 5.24. The molecule has 1 atom stereocenters. The van der Waals surface area contributed by atoms with Gasteiger partial charge in [-0.25, -0.2) is 0 Å². The summed E-state index contributed by atoms with van der Waals surface area (Å²) in [7, 11) is 0. The minimum Gasteiger partial charge on any atom is -0.382 e. The van der Waals surface area contributed by atoms with Crippen molar-refractivity contribution in [2.24, 2.45) is 0 Å². The first kappa shape index (κ1) is 13.8. The summed E-state index contributed by atoms with van der Waals surface area (Å²) in [6, 6.07) is 0.381. The van der Waals surface area contributed by atoms with Crippen molar-refractivity contribution < 1.29 is 9.53 Å². The van der Waals surface area contributed by atoms with Crippen LogP contribution in [0, 0.1) is 0 Å². The van der Waals surface area contributed by atoms with Gasteiger partial charge in [-0.1, -0.05) is 0 Å². The lowest BCUT2D eigenvalue weighted by Crippen LogP contribution is -2.59. The van der Waals surface area contributed by atoms with Crippen LogP contribution in [0.3, 0.4) is 0 Å². The molecule has 1 saturated heterocycles. The van der Waals surface area contributed by atoms with Gasteiger partial charge in [-0.2, -0.15) is 0 Å². The van der Waals surface area contributed by atoms with E-state index in [1.54, 1.807) is 0 Å². The van der Waals surface area contributed by atoms with E-state index in [2.05, 4.69) is 10.6 Å². The van der Waals surface area contributed by atoms with E-state index < -0.39 is 0 Å². The van der Waals surface area contributed by atoms with Gasteiger partial charge in [-0.3, -0.25) is 4.79 Å². The van der Waals surface area contributed by atoms with Gasteiger partial charge in [-0.15, -0.1) is 0 Å². The van der Waals surface area contributed by atoms with Crippen LogP contribution in [0.2, 0.25) is 0 Å². The Bertz CT molecular complexity index is 277. The van der Waals surface area contributed by atoms with Gasteiger partial charge in [0.05, 0.1) is 0 Å². The molecule has 1 heterocycles. The van der Waals surface area contributed by atoms with Gasteiger partial charge in [-0.05, 0) is 52.0 Å². The quantitative estimate of drug-likeness (QED) is 0.708. The van der Waals surface area contributed by atoms with Gasteiger partial charge >= 0.3 is 0 Å². The molecule has 0 aromatic heterocycles. The van der Waals surface area contributed by atoms with Crippen molar-refractivity contribution in [3.8, 4) is 0 Å². The molecular weight excluding hydrogens is 228 g/mol. The van der Waals surface area contributed by atoms with Crippen LogP contribution in [0.15, 0.2) is 0 Å². The molecule has 0 aromatic rings. The first-order valence-electron chi connectivity index (χ1n) is 7.36. The maximum Gasteiger partial charge on any atom is 0.220 e. The summed E-state index contributed by atoms with van der Waals surface area (Å²) in [5.41, 5.74) is 0.363. The highest BCUT2D eigenvalue weighted by Gasteiger charge is 2.41. The second-order valence-electron chi connectivity index (χ2n) is 5.62. The minimum atomic E-state index is 0.191. The SMILES string of the molecule is CCOCCCC(=O)NC1CCNC2(CCC2)C1. The molecule has 1 spiro atoms. The third kappa shape index (κ3) is 3.69. The molecule has 2 aliphatic rings. The van der Waals surface area contributed by atoms with Gasteiger partial charge in [0.15, 0.2) is 0 Å². The van der Waals surface area contributed by atoms with E-state index in [-0.39, 0.29) is 5.91 Å². The Morgan fingerprint density at radius 2 is 2.33 bits per heavy atom. The third-order valence-electron chi connectivity index (χ3n) is 4.20. The Hall–Kier alpha value is -0.610. The number of piperidine rings is 1. The fourth-order valence-corrected chi connectivity index (χ4v) is 3.04. The van der Waals surface area contributed by atoms with Crippen molar-refractivity contribution in [2.45, 2.75) is 63.5 Å². The van der Waals surface area contributed by atoms with Crippen molar-refractivity contribution in [1.82, 2.24) is 10.6 Å². The van der Waals surface area contributed by atoms with Gasteiger partial charge in [0.2, 0.25) is 5.91 Å². The Morgan fingerprint density at radius 1 is 1.50 bits per heavy atom. The monoisotopic (exact) mass is 254 g/mol. The van der Waals surface area contributed by atoms with Crippen LogP contribution >= 0.6 is 0 Å². The minimum absolute atomic E-state index is 0.191. The average Bonchev–Trinajstić information content (AvgIpc) is 2.33. The van der Waals surface area contributed by atoms with E-state index in [0.717, 1.165) is 32.4 Å². The fraction of sp³-hybridized carbons (Fsp3) is 0.929. The first-order chi connectivity index (χ1) is 8.74. The normalized spacial score (nSPS) is 25.7. The molecule has 2 rings (SSSR count). The average molecular weight is 254 g/mol. The fourth-order valence-electron chi connectivity index (χ4n) is 3.04. The number of hydrogen-bond donors (Lipinski definition) is 2. The molecular formula is C14H26N2O2. The zero-order valence-electron chi connectivity index (χ0n) is 11.5. The molecule has 0 aromatic carbocycles. The molecule has 4 nitrogen and oxygen atoms in total. The lowest BCUT2D eigenvalue weighted by Gasteiger charge is -2.48. The van der Waals surface area contributed by atoms with Crippen LogP contribution in [-0.2, 0) is 9.53 Å². The highest BCUT2D eigenvalue weighted by Crippen LogP contribution is 2.38. The smallest absolute Gasteiger partial charge is 0.220 e. The summed E-state index contributed by atoms with van der Waals surface area (Å²) in [4.78, 5) is 11.8. The zero-order valence-corrected chi connectivity index (χ0v) is 11.5. The van der Waals surface area contributed by atoms with Crippen LogP contribution in [0.1, 0.15) is 51.9 Å². The second kappa shape index (κ2) is 6.53. The lowest BCUT2D eigenvalue weighted by atomic mass is 9.70. The van der Waals surface area contributed by atoms with E-state index >= 15 is 0 Å². The first-order valence-corrected chi connectivity index (χ1v) is 7.36. The van der Waals surface area contributed by atoms with Crippen molar-refractivity contribution >= 4 is 5.91 Å².